The molecule has 32 heavy (non-hydrogen) atoms. The largest absolute Gasteiger partial charge is 0.486 e. The molecular weight excluding hydrogens is 451 g/mol. The van der Waals surface area contributed by atoms with Crippen LogP contribution in [-0.2, 0) is 9.59 Å². The molecule has 2 saturated heterocycles. The van der Waals surface area contributed by atoms with Crippen molar-refractivity contribution in [3.8, 4) is 5.75 Å². The van der Waals surface area contributed by atoms with Crippen LogP contribution in [0.5, 0.6) is 5.75 Å². The van der Waals surface area contributed by atoms with E-state index < -0.39 is 5.60 Å². The van der Waals surface area contributed by atoms with Crippen molar-refractivity contribution >= 4 is 46.5 Å². The Kier molecular flexibility index (Phi) is 5.38. The van der Waals surface area contributed by atoms with Crippen LogP contribution in [0.25, 0.3) is 0 Å². The maximum atomic E-state index is 13.2. The minimum atomic E-state index is -0.588. The molecule has 0 aromatic heterocycles. The Balaban J connectivity index is 1.23. The van der Waals surface area contributed by atoms with Crippen molar-refractivity contribution in [3.05, 3.63) is 58.1 Å². The number of nitrogens with zero attached hydrogens (tertiary/aromatic N) is 2. The Morgan fingerprint density at radius 3 is 2.41 bits per heavy atom. The zero-order valence-electron chi connectivity index (χ0n) is 17.4. The summed E-state index contributed by atoms with van der Waals surface area (Å²) >= 11 is 12.0. The number of amides is 2. The molecule has 2 amide bonds. The van der Waals surface area contributed by atoms with Gasteiger partial charge in [-0.05, 0) is 42.5 Å². The third kappa shape index (κ3) is 3.86. The quantitative estimate of drug-likeness (QED) is 0.650. The third-order valence-electron chi connectivity index (χ3n) is 6.65. The molecule has 1 unspecified atom stereocenters. The van der Waals surface area contributed by atoms with Crippen LogP contribution < -0.4 is 9.64 Å². The Morgan fingerprint density at radius 2 is 1.69 bits per heavy atom. The van der Waals surface area contributed by atoms with Gasteiger partial charge in [0.2, 0.25) is 11.8 Å². The van der Waals surface area contributed by atoms with Crippen LogP contribution in [0.15, 0.2) is 42.5 Å². The predicted octanol–water partition coefficient (Wildman–Crippen LogP) is 4.37. The van der Waals surface area contributed by atoms with Crippen LogP contribution in [0.2, 0.25) is 10.0 Å². The number of carbonyl (C=O) groups excluding carboxylic acids is 3. The normalized spacial score (nSPS) is 22.1. The minimum absolute atomic E-state index is 0.0148. The van der Waals surface area contributed by atoms with Crippen LogP contribution in [0.3, 0.4) is 0 Å². The molecular formula is C24H22Cl2N2O4. The molecule has 2 aromatic rings. The van der Waals surface area contributed by atoms with E-state index in [1.165, 1.54) is 0 Å². The van der Waals surface area contributed by atoms with E-state index in [0.29, 0.717) is 53.8 Å². The molecule has 5 rings (SSSR count). The molecule has 2 fully saturated rings. The van der Waals surface area contributed by atoms with Gasteiger partial charge >= 0.3 is 0 Å². The second-order valence-corrected chi connectivity index (χ2v) is 9.61. The first kappa shape index (κ1) is 21.3. The molecule has 1 spiro atoms. The molecule has 0 N–H and O–H groups in total. The smallest absolute Gasteiger partial charge is 0.228 e. The number of carbonyl (C=O) groups is 3. The van der Waals surface area contributed by atoms with Gasteiger partial charge in [-0.15, -0.1) is 0 Å². The Bertz CT molecular complexity index is 1090. The van der Waals surface area contributed by atoms with E-state index in [4.69, 9.17) is 27.9 Å². The highest BCUT2D eigenvalue weighted by Gasteiger charge is 2.45. The molecule has 6 nitrogen and oxygen atoms in total. The van der Waals surface area contributed by atoms with E-state index in [-0.39, 0.29) is 36.4 Å². The fourth-order valence-corrected chi connectivity index (χ4v) is 5.18. The van der Waals surface area contributed by atoms with E-state index in [0.717, 1.165) is 5.69 Å². The summed E-state index contributed by atoms with van der Waals surface area (Å²) in [5.74, 6) is 0.137. The van der Waals surface area contributed by atoms with E-state index in [1.807, 2.05) is 0 Å². The summed E-state index contributed by atoms with van der Waals surface area (Å²) < 4.78 is 6.25. The lowest BCUT2D eigenvalue weighted by molar-refractivity contribution is -0.139. The zero-order valence-corrected chi connectivity index (χ0v) is 18.9. The summed E-state index contributed by atoms with van der Waals surface area (Å²) in [6.07, 6.45) is 1.64. The zero-order chi connectivity index (χ0) is 22.5. The van der Waals surface area contributed by atoms with Gasteiger partial charge in [-0.25, -0.2) is 0 Å². The minimum Gasteiger partial charge on any atom is -0.486 e. The number of ether oxygens (including phenoxy) is 1. The molecule has 0 bridgehead atoms. The van der Waals surface area contributed by atoms with E-state index in [1.54, 1.807) is 52.3 Å². The summed E-state index contributed by atoms with van der Waals surface area (Å²) in [6.45, 7) is 1.37. The standard InChI is InChI=1S/C24H22Cl2N2O4/c25-16-1-4-18(5-2-16)28-14-15(11-22(28)30)23(31)27-9-7-24(8-10-27)13-20(29)19-12-17(26)3-6-21(19)32-24/h1-6,12,15H,7-11,13-14H2. The predicted molar refractivity (Wildman–Crippen MR) is 121 cm³/mol. The second-order valence-electron chi connectivity index (χ2n) is 8.73. The molecule has 0 saturated carbocycles. The van der Waals surface area contributed by atoms with Crippen molar-refractivity contribution in [2.24, 2.45) is 5.92 Å². The van der Waals surface area contributed by atoms with Crippen LogP contribution in [-0.4, -0.2) is 47.7 Å². The molecule has 3 aliphatic heterocycles. The first-order chi connectivity index (χ1) is 15.3. The average molecular weight is 473 g/mol. The monoisotopic (exact) mass is 472 g/mol. The molecule has 0 aliphatic carbocycles. The van der Waals surface area contributed by atoms with E-state index in [2.05, 4.69) is 0 Å². The van der Waals surface area contributed by atoms with Crippen molar-refractivity contribution in [1.82, 2.24) is 4.90 Å². The van der Waals surface area contributed by atoms with Gasteiger partial charge in [-0.1, -0.05) is 23.2 Å². The summed E-state index contributed by atoms with van der Waals surface area (Å²) in [6, 6.07) is 12.2. The van der Waals surface area contributed by atoms with Crippen LogP contribution >= 0.6 is 23.2 Å². The van der Waals surface area contributed by atoms with Gasteiger partial charge in [-0.2, -0.15) is 0 Å². The van der Waals surface area contributed by atoms with E-state index in [9.17, 15) is 14.4 Å². The fraction of sp³-hybridized carbons (Fsp3) is 0.375. The van der Waals surface area contributed by atoms with Crippen LogP contribution in [0.4, 0.5) is 5.69 Å². The maximum absolute atomic E-state index is 13.2. The first-order valence-electron chi connectivity index (χ1n) is 10.7. The number of rotatable bonds is 2. The number of Topliss-reactive ketones (excluding diaryl/α,β-unsaturated/α-hetero) is 1. The SMILES string of the molecule is O=C1CC2(CCN(C(=O)C3CC(=O)N(c4ccc(Cl)cc4)C3)CC2)Oc2ccc(Cl)cc21. The number of anilines is 1. The molecule has 8 heteroatoms. The first-order valence-corrected chi connectivity index (χ1v) is 11.5. The van der Waals surface area contributed by atoms with E-state index >= 15 is 0 Å². The highest BCUT2D eigenvalue weighted by Crippen LogP contribution is 2.40. The van der Waals surface area contributed by atoms with Gasteiger partial charge < -0.3 is 14.5 Å². The van der Waals surface area contributed by atoms with Gasteiger partial charge in [0.05, 0.1) is 17.9 Å². The number of piperidine rings is 1. The van der Waals surface area contributed by atoms with Crippen LogP contribution in [0, 0.1) is 5.92 Å². The topological polar surface area (TPSA) is 66.9 Å². The number of ketones is 1. The molecule has 3 heterocycles. The molecule has 166 valence electrons. The highest BCUT2D eigenvalue weighted by atomic mass is 35.5. The second kappa shape index (κ2) is 8.09. The molecule has 3 aliphatic rings. The Morgan fingerprint density at radius 1 is 1.00 bits per heavy atom. The van der Waals surface area contributed by atoms with Crippen molar-refractivity contribution < 1.29 is 19.1 Å². The Hall–Kier alpha value is -2.57. The maximum Gasteiger partial charge on any atom is 0.228 e. The number of hydrogen-bond donors (Lipinski definition) is 0. The molecule has 2 aromatic carbocycles. The lowest BCUT2D eigenvalue weighted by atomic mass is 9.82. The average Bonchev–Trinajstić information content (AvgIpc) is 3.17. The molecule has 0 radical (unpaired) electrons. The number of hydrogen-bond acceptors (Lipinski definition) is 4. The number of halogens is 2. The van der Waals surface area contributed by atoms with Crippen LogP contribution in [0.1, 0.15) is 36.0 Å². The third-order valence-corrected chi connectivity index (χ3v) is 7.14. The van der Waals surface area contributed by atoms with Gasteiger partial charge in [0, 0.05) is 54.6 Å². The van der Waals surface area contributed by atoms with Gasteiger partial charge in [0.15, 0.2) is 5.78 Å². The summed E-state index contributed by atoms with van der Waals surface area (Å²) in [4.78, 5) is 41.8. The lowest BCUT2D eigenvalue weighted by Crippen LogP contribution is -2.53. The van der Waals surface area contributed by atoms with Gasteiger partial charge in [0.25, 0.3) is 0 Å². The van der Waals surface area contributed by atoms with Gasteiger partial charge in [-0.3, -0.25) is 14.4 Å². The van der Waals surface area contributed by atoms with Crippen molar-refractivity contribution in [2.45, 2.75) is 31.3 Å². The summed E-state index contributed by atoms with van der Waals surface area (Å²) in [5, 5.41) is 1.11. The van der Waals surface area contributed by atoms with Crippen molar-refractivity contribution in [1.29, 1.82) is 0 Å². The number of fused-ring (bicyclic) bond motifs is 1. The summed E-state index contributed by atoms with van der Waals surface area (Å²) in [5.41, 5.74) is 0.684. The molecule has 1 atom stereocenters. The lowest BCUT2D eigenvalue weighted by Gasteiger charge is -2.44. The van der Waals surface area contributed by atoms with Crippen molar-refractivity contribution in [2.75, 3.05) is 24.5 Å². The van der Waals surface area contributed by atoms with Crippen molar-refractivity contribution in [3.63, 3.8) is 0 Å². The number of likely N-dealkylation sites (tertiary alicyclic amines) is 1. The fourth-order valence-electron chi connectivity index (χ4n) is 4.88. The van der Waals surface area contributed by atoms with Gasteiger partial charge in [0.1, 0.15) is 11.4 Å². The number of benzene rings is 2. The highest BCUT2D eigenvalue weighted by molar-refractivity contribution is 6.31. The summed E-state index contributed by atoms with van der Waals surface area (Å²) in [7, 11) is 0. The Labute approximate surface area is 196 Å².